The molecule has 45 heavy (non-hydrogen) atoms. The molecule has 4 aromatic rings. The van der Waals surface area contributed by atoms with E-state index in [2.05, 4.69) is 16.5 Å². The molecule has 6 rings (SSSR count). The predicted octanol–water partition coefficient (Wildman–Crippen LogP) is 4.19. The molecule has 234 valence electrons. The van der Waals surface area contributed by atoms with E-state index in [9.17, 15) is 22.4 Å². The van der Waals surface area contributed by atoms with Crippen LogP contribution in [0.25, 0.3) is 27.7 Å². The SMILES string of the molecule is C=CC(=O)N1CCN(c2nc(=O)n(-c3c(C)ccnc3N(C)S(=O)(=O)C3CC3)c3cc(-c4ccccc4F)c(F)cc23)[C@@H](C)C1. The zero-order valence-electron chi connectivity index (χ0n) is 25.1. The van der Waals surface area contributed by atoms with Crippen LogP contribution >= 0.6 is 0 Å². The molecule has 0 spiro atoms. The second kappa shape index (κ2) is 11.4. The van der Waals surface area contributed by atoms with E-state index >= 15 is 4.39 Å². The van der Waals surface area contributed by atoms with E-state index in [0.29, 0.717) is 38.0 Å². The first-order chi connectivity index (χ1) is 21.4. The molecule has 3 heterocycles. The Labute approximate surface area is 259 Å². The van der Waals surface area contributed by atoms with E-state index in [-0.39, 0.29) is 51.3 Å². The predicted molar refractivity (Wildman–Crippen MR) is 169 cm³/mol. The smallest absolute Gasteiger partial charge is 0.350 e. The number of anilines is 2. The lowest BCUT2D eigenvalue weighted by Gasteiger charge is -2.40. The zero-order valence-corrected chi connectivity index (χ0v) is 25.9. The molecule has 1 atom stereocenters. The summed E-state index contributed by atoms with van der Waals surface area (Å²) < 4.78 is 59.8. The van der Waals surface area contributed by atoms with Gasteiger partial charge in [0.2, 0.25) is 15.9 Å². The number of pyridine rings is 1. The number of piperazine rings is 1. The normalized spacial score (nSPS) is 17.0. The maximum atomic E-state index is 16.0. The standard InChI is InChI=1S/C32H32F2N6O4S/c1-5-28(41)38-14-15-39(20(3)18-38)30-24-16-26(34)23(22-8-6-7-9-25(22)33)17-27(24)40(32(42)36-30)29-19(2)12-13-35-31(29)37(4)45(43,44)21-10-11-21/h5-9,12-13,16-17,20-21H,1,10-11,14-15,18H2,2-4H3/t20-/m0/s1. The van der Waals surface area contributed by atoms with E-state index in [1.807, 2.05) is 11.8 Å². The first-order valence-corrected chi connectivity index (χ1v) is 16.1. The molecule has 10 nitrogen and oxygen atoms in total. The largest absolute Gasteiger partial charge is 0.354 e. The van der Waals surface area contributed by atoms with Crippen molar-refractivity contribution < 1.29 is 22.0 Å². The first-order valence-electron chi connectivity index (χ1n) is 14.6. The fourth-order valence-electron chi connectivity index (χ4n) is 5.91. The maximum Gasteiger partial charge on any atom is 0.354 e. The number of aromatic nitrogens is 3. The van der Waals surface area contributed by atoms with E-state index in [1.54, 1.807) is 24.0 Å². The summed E-state index contributed by atoms with van der Waals surface area (Å²) in [6, 6.07) is 9.70. The summed E-state index contributed by atoms with van der Waals surface area (Å²) in [6.45, 7) is 8.09. The average molecular weight is 635 g/mol. The van der Waals surface area contributed by atoms with Crippen molar-refractivity contribution in [1.82, 2.24) is 19.4 Å². The van der Waals surface area contributed by atoms with Crippen LogP contribution in [-0.4, -0.2) is 71.7 Å². The molecule has 2 aromatic heterocycles. The van der Waals surface area contributed by atoms with Crippen LogP contribution in [0.2, 0.25) is 0 Å². The summed E-state index contributed by atoms with van der Waals surface area (Å²) >= 11 is 0. The van der Waals surface area contributed by atoms with Crippen LogP contribution < -0.4 is 14.9 Å². The van der Waals surface area contributed by atoms with Gasteiger partial charge in [-0.05, 0) is 62.6 Å². The monoisotopic (exact) mass is 634 g/mol. The number of benzene rings is 2. The molecule has 1 saturated heterocycles. The minimum atomic E-state index is -3.76. The highest BCUT2D eigenvalue weighted by Crippen LogP contribution is 2.38. The summed E-state index contributed by atoms with van der Waals surface area (Å²) in [4.78, 5) is 38.7. The molecule has 13 heteroatoms. The number of nitrogens with zero attached hydrogens (tertiary/aromatic N) is 6. The van der Waals surface area contributed by atoms with Gasteiger partial charge in [0.1, 0.15) is 17.5 Å². The van der Waals surface area contributed by atoms with Crippen LogP contribution in [0, 0.1) is 18.6 Å². The summed E-state index contributed by atoms with van der Waals surface area (Å²) in [5.41, 5.74) is 0.0421. The third-order valence-electron chi connectivity index (χ3n) is 8.47. The van der Waals surface area contributed by atoms with Crippen molar-refractivity contribution >= 4 is 38.5 Å². The Balaban J connectivity index is 1.63. The van der Waals surface area contributed by atoms with E-state index in [4.69, 9.17) is 0 Å². The van der Waals surface area contributed by atoms with Gasteiger partial charge in [0.25, 0.3) is 0 Å². The highest BCUT2D eigenvalue weighted by molar-refractivity contribution is 7.93. The fraction of sp³-hybridized carbons (Fsp3) is 0.312. The molecule has 2 fully saturated rings. The van der Waals surface area contributed by atoms with Gasteiger partial charge in [-0.1, -0.05) is 24.8 Å². The van der Waals surface area contributed by atoms with Gasteiger partial charge in [-0.15, -0.1) is 0 Å². The number of fused-ring (bicyclic) bond motifs is 1. The molecule has 1 saturated carbocycles. The van der Waals surface area contributed by atoms with Gasteiger partial charge in [-0.2, -0.15) is 4.98 Å². The first kappa shape index (κ1) is 30.4. The van der Waals surface area contributed by atoms with Gasteiger partial charge < -0.3 is 9.80 Å². The minimum Gasteiger partial charge on any atom is -0.350 e. The third kappa shape index (κ3) is 5.24. The van der Waals surface area contributed by atoms with Crippen LogP contribution in [0.1, 0.15) is 25.3 Å². The lowest BCUT2D eigenvalue weighted by atomic mass is 10.0. The van der Waals surface area contributed by atoms with E-state index < -0.39 is 32.6 Å². The molecule has 2 aliphatic rings. The lowest BCUT2D eigenvalue weighted by Crippen LogP contribution is -2.54. The van der Waals surface area contributed by atoms with Crippen molar-refractivity contribution in [2.75, 3.05) is 35.9 Å². The number of sulfonamides is 1. The van der Waals surface area contributed by atoms with Crippen molar-refractivity contribution in [3.63, 3.8) is 0 Å². The molecule has 2 aromatic carbocycles. The van der Waals surface area contributed by atoms with Crippen LogP contribution in [-0.2, 0) is 14.8 Å². The van der Waals surface area contributed by atoms with Crippen LogP contribution in [0.5, 0.6) is 0 Å². The Kier molecular flexibility index (Phi) is 7.67. The average Bonchev–Trinajstić information content (AvgIpc) is 3.87. The van der Waals surface area contributed by atoms with Crippen molar-refractivity contribution in [3.8, 4) is 16.8 Å². The summed E-state index contributed by atoms with van der Waals surface area (Å²) in [7, 11) is -2.37. The van der Waals surface area contributed by atoms with Gasteiger partial charge in [-0.25, -0.2) is 27.0 Å². The Hall–Kier alpha value is -4.65. The molecule has 0 radical (unpaired) electrons. The Morgan fingerprint density at radius 2 is 1.82 bits per heavy atom. The van der Waals surface area contributed by atoms with Crippen molar-refractivity contribution in [1.29, 1.82) is 0 Å². The van der Waals surface area contributed by atoms with Crippen LogP contribution in [0.15, 0.2) is 66.1 Å². The Bertz CT molecular complexity index is 2030. The molecule has 1 aliphatic heterocycles. The molecule has 0 bridgehead atoms. The highest BCUT2D eigenvalue weighted by atomic mass is 32.2. The number of halogens is 2. The van der Waals surface area contributed by atoms with E-state index in [1.165, 1.54) is 54.2 Å². The summed E-state index contributed by atoms with van der Waals surface area (Å²) in [5.74, 6) is -1.39. The highest BCUT2D eigenvalue weighted by Gasteiger charge is 2.40. The number of carbonyl (C=O) groups excluding carboxylic acids is 1. The summed E-state index contributed by atoms with van der Waals surface area (Å²) in [5, 5.41) is -0.286. The van der Waals surface area contributed by atoms with Crippen molar-refractivity contribution in [2.24, 2.45) is 0 Å². The van der Waals surface area contributed by atoms with Crippen LogP contribution in [0.3, 0.4) is 0 Å². The molecule has 0 unspecified atom stereocenters. The van der Waals surface area contributed by atoms with Crippen molar-refractivity contribution in [2.45, 2.75) is 38.0 Å². The molecule has 1 amide bonds. The van der Waals surface area contributed by atoms with Gasteiger partial charge in [0.05, 0.1) is 16.5 Å². The second-order valence-electron chi connectivity index (χ2n) is 11.4. The second-order valence-corrected chi connectivity index (χ2v) is 13.7. The van der Waals surface area contributed by atoms with Gasteiger partial charge in [0.15, 0.2) is 5.82 Å². The topological polar surface area (TPSA) is 109 Å². The minimum absolute atomic E-state index is 0.00394. The molecular formula is C32H32F2N6O4S. The van der Waals surface area contributed by atoms with Gasteiger partial charge in [-0.3, -0.25) is 13.7 Å². The van der Waals surface area contributed by atoms with Crippen LogP contribution in [0.4, 0.5) is 20.4 Å². The lowest BCUT2D eigenvalue weighted by molar-refractivity contribution is -0.126. The quantitative estimate of drug-likeness (QED) is 0.281. The number of carbonyl (C=O) groups is 1. The molecule has 0 N–H and O–H groups in total. The maximum absolute atomic E-state index is 16.0. The Morgan fingerprint density at radius 1 is 1.09 bits per heavy atom. The molecule has 1 aliphatic carbocycles. The van der Waals surface area contributed by atoms with Gasteiger partial charge >= 0.3 is 5.69 Å². The van der Waals surface area contributed by atoms with Crippen molar-refractivity contribution in [3.05, 3.63) is 89.0 Å². The number of rotatable bonds is 7. The molecular weight excluding hydrogens is 602 g/mol. The number of hydrogen-bond acceptors (Lipinski definition) is 7. The third-order valence-corrected chi connectivity index (χ3v) is 10.7. The number of hydrogen-bond donors (Lipinski definition) is 0. The zero-order chi connectivity index (χ0) is 32.2. The van der Waals surface area contributed by atoms with E-state index in [0.717, 1.165) is 4.31 Å². The number of amides is 1. The Morgan fingerprint density at radius 3 is 2.49 bits per heavy atom. The number of aryl methyl sites for hydroxylation is 1. The fourth-order valence-corrected chi connectivity index (χ4v) is 7.46. The summed E-state index contributed by atoms with van der Waals surface area (Å²) in [6.07, 6.45) is 3.76. The van der Waals surface area contributed by atoms with Gasteiger partial charge in [0, 0.05) is 55.4 Å².